The number of carbonyl (C=O) groups excluding carboxylic acids is 1. The maximum atomic E-state index is 12.7. The highest BCUT2D eigenvalue weighted by atomic mass is 19.4. The Hall–Kier alpha value is -1.98. The van der Waals surface area contributed by atoms with E-state index in [0.717, 1.165) is 12.1 Å². The Morgan fingerprint density at radius 1 is 1.41 bits per heavy atom. The molecule has 0 N–H and O–H groups in total. The van der Waals surface area contributed by atoms with Crippen molar-refractivity contribution in [2.75, 3.05) is 6.61 Å². The van der Waals surface area contributed by atoms with Crippen molar-refractivity contribution < 1.29 is 27.4 Å². The van der Waals surface area contributed by atoms with Gasteiger partial charge in [0.25, 0.3) is 0 Å². The fourth-order valence-electron chi connectivity index (χ4n) is 2.43. The Balaban J connectivity index is 2.04. The summed E-state index contributed by atoms with van der Waals surface area (Å²) in [6.45, 7) is 3.65. The second kappa shape index (κ2) is 6.42. The standard InChI is InChI=1S/C16H17F3O3/c1-3-21-15(20)14-9-13(22-10(14)2)8-11-5-4-6-12(7-11)16(17,18)19/h4-7,13H,3,8-9H2,1-2H3. The molecule has 0 spiro atoms. The smallest absolute Gasteiger partial charge is 0.416 e. The molecule has 1 aromatic carbocycles. The van der Waals surface area contributed by atoms with Crippen molar-refractivity contribution >= 4 is 5.97 Å². The van der Waals surface area contributed by atoms with Gasteiger partial charge in [0.1, 0.15) is 11.9 Å². The van der Waals surface area contributed by atoms with E-state index in [0.29, 0.717) is 29.7 Å². The monoisotopic (exact) mass is 314 g/mol. The van der Waals surface area contributed by atoms with Gasteiger partial charge in [0.2, 0.25) is 0 Å². The van der Waals surface area contributed by atoms with Gasteiger partial charge in [0.15, 0.2) is 0 Å². The molecule has 120 valence electrons. The number of allylic oxidation sites excluding steroid dienone is 1. The minimum Gasteiger partial charge on any atom is -0.494 e. The Bertz CT molecular complexity index is 591. The van der Waals surface area contributed by atoms with Crippen LogP contribution in [-0.2, 0) is 26.9 Å². The van der Waals surface area contributed by atoms with Gasteiger partial charge in [-0.25, -0.2) is 4.79 Å². The summed E-state index contributed by atoms with van der Waals surface area (Å²) in [6, 6.07) is 5.14. The van der Waals surface area contributed by atoms with E-state index in [1.54, 1.807) is 19.9 Å². The summed E-state index contributed by atoms with van der Waals surface area (Å²) >= 11 is 0. The first-order chi connectivity index (χ1) is 10.3. The van der Waals surface area contributed by atoms with Gasteiger partial charge in [0, 0.05) is 12.8 Å². The molecule has 6 heteroatoms. The third kappa shape index (κ3) is 3.81. The second-order valence-corrected chi connectivity index (χ2v) is 5.10. The lowest BCUT2D eigenvalue weighted by atomic mass is 10.0. The van der Waals surface area contributed by atoms with Crippen molar-refractivity contribution in [3.63, 3.8) is 0 Å². The van der Waals surface area contributed by atoms with Gasteiger partial charge >= 0.3 is 12.1 Å². The van der Waals surface area contributed by atoms with Gasteiger partial charge in [-0.3, -0.25) is 0 Å². The molecular weight excluding hydrogens is 297 g/mol. The maximum absolute atomic E-state index is 12.7. The Morgan fingerprint density at radius 2 is 2.14 bits per heavy atom. The minimum atomic E-state index is -4.36. The summed E-state index contributed by atoms with van der Waals surface area (Å²) in [4.78, 5) is 11.7. The van der Waals surface area contributed by atoms with Gasteiger partial charge in [-0.1, -0.05) is 18.2 Å². The van der Waals surface area contributed by atoms with Gasteiger partial charge < -0.3 is 9.47 Å². The number of ether oxygens (including phenoxy) is 2. The van der Waals surface area contributed by atoms with Crippen molar-refractivity contribution in [1.29, 1.82) is 0 Å². The SMILES string of the molecule is CCOC(=O)C1=C(C)OC(Cc2cccc(C(F)(F)F)c2)C1. The topological polar surface area (TPSA) is 35.5 Å². The van der Waals surface area contributed by atoms with Crippen molar-refractivity contribution in [3.05, 3.63) is 46.7 Å². The molecule has 1 aliphatic heterocycles. The van der Waals surface area contributed by atoms with Crippen LogP contribution in [0.4, 0.5) is 13.2 Å². The number of hydrogen-bond donors (Lipinski definition) is 0. The average Bonchev–Trinajstić information content (AvgIpc) is 2.79. The molecule has 1 atom stereocenters. The molecular formula is C16H17F3O3. The normalized spacial score (nSPS) is 18.3. The summed E-state index contributed by atoms with van der Waals surface area (Å²) < 4.78 is 48.6. The van der Waals surface area contributed by atoms with E-state index < -0.39 is 17.7 Å². The van der Waals surface area contributed by atoms with Crippen LogP contribution in [0.3, 0.4) is 0 Å². The molecule has 0 bridgehead atoms. The predicted octanol–water partition coefficient (Wildman–Crippen LogP) is 3.87. The molecule has 1 aliphatic rings. The fraction of sp³-hybridized carbons (Fsp3) is 0.438. The van der Waals surface area contributed by atoms with Crippen LogP contribution in [0, 0.1) is 0 Å². The van der Waals surface area contributed by atoms with Crippen LogP contribution in [0.25, 0.3) is 0 Å². The lowest BCUT2D eigenvalue weighted by Gasteiger charge is -2.13. The Kier molecular flexibility index (Phi) is 4.78. The summed E-state index contributed by atoms with van der Waals surface area (Å²) in [5.74, 6) is 0.0574. The van der Waals surface area contributed by atoms with Crippen LogP contribution in [0.2, 0.25) is 0 Å². The zero-order valence-electron chi connectivity index (χ0n) is 12.4. The molecule has 22 heavy (non-hydrogen) atoms. The lowest BCUT2D eigenvalue weighted by Crippen LogP contribution is -2.13. The molecule has 1 unspecified atom stereocenters. The van der Waals surface area contributed by atoms with Crippen LogP contribution >= 0.6 is 0 Å². The van der Waals surface area contributed by atoms with Gasteiger partial charge in [-0.05, 0) is 25.5 Å². The number of carbonyl (C=O) groups is 1. The highest BCUT2D eigenvalue weighted by Crippen LogP contribution is 2.32. The maximum Gasteiger partial charge on any atom is 0.416 e. The summed E-state index contributed by atoms with van der Waals surface area (Å²) in [7, 11) is 0. The van der Waals surface area contributed by atoms with Crippen molar-refractivity contribution in [1.82, 2.24) is 0 Å². The molecule has 1 aromatic rings. The van der Waals surface area contributed by atoms with Crippen LogP contribution in [0.15, 0.2) is 35.6 Å². The molecule has 0 saturated carbocycles. The molecule has 3 nitrogen and oxygen atoms in total. The van der Waals surface area contributed by atoms with E-state index >= 15 is 0 Å². The molecule has 1 heterocycles. The Morgan fingerprint density at radius 3 is 2.77 bits per heavy atom. The quantitative estimate of drug-likeness (QED) is 0.791. The number of benzene rings is 1. The van der Waals surface area contributed by atoms with Crippen LogP contribution < -0.4 is 0 Å². The Labute approximate surface area is 126 Å². The van der Waals surface area contributed by atoms with Crippen molar-refractivity contribution in [2.45, 2.75) is 39.0 Å². The third-order valence-electron chi connectivity index (χ3n) is 3.44. The van der Waals surface area contributed by atoms with Crippen LogP contribution in [0.5, 0.6) is 0 Å². The fourth-order valence-corrected chi connectivity index (χ4v) is 2.43. The zero-order chi connectivity index (χ0) is 16.3. The molecule has 2 rings (SSSR count). The first-order valence-corrected chi connectivity index (χ1v) is 7.01. The molecule has 0 aliphatic carbocycles. The minimum absolute atomic E-state index is 0.272. The number of esters is 1. The van der Waals surface area contributed by atoms with E-state index in [9.17, 15) is 18.0 Å². The first-order valence-electron chi connectivity index (χ1n) is 7.01. The highest BCUT2D eigenvalue weighted by Gasteiger charge is 2.32. The molecule has 0 amide bonds. The van der Waals surface area contributed by atoms with E-state index in [4.69, 9.17) is 9.47 Å². The van der Waals surface area contributed by atoms with Crippen molar-refractivity contribution in [3.8, 4) is 0 Å². The average molecular weight is 314 g/mol. The summed E-state index contributed by atoms with van der Waals surface area (Å²) in [6.07, 6.45) is -4.05. The van der Waals surface area contributed by atoms with Gasteiger partial charge in [-0.2, -0.15) is 13.2 Å². The largest absolute Gasteiger partial charge is 0.494 e. The van der Waals surface area contributed by atoms with E-state index in [2.05, 4.69) is 0 Å². The van der Waals surface area contributed by atoms with E-state index in [1.807, 2.05) is 0 Å². The highest BCUT2D eigenvalue weighted by molar-refractivity contribution is 5.89. The number of hydrogen-bond acceptors (Lipinski definition) is 3. The first kappa shape index (κ1) is 16.4. The number of rotatable bonds is 4. The summed E-state index contributed by atoms with van der Waals surface area (Å²) in [5.41, 5.74) is 0.301. The lowest BCUT2D eigenvalue weighted by molar-refractivity contribution is -0.139. The van der Waals surface area contributed by atoms with E-state index in [1.165, 1.54) is 6.07 Å². The summed E-state index contributed by atoms with van der Waals surface area (Å²) in [5, 5.41) is 0. The molecule has 0 radical (unpaired) electrons. The van der Waals surface area contributed by atoms with Crippen LogP contribution in [0.1, 0.15) is 31.4 Å². The molecule has 0 aromatic heterocycles. The van der Waals surface area contributed by atoms with Gasteiger partial charge in [0.05, 0.1) is 17.7 Å². The number of halogens is 3. The van der Waals surface area contributed by atoms with E-state index in [-0.39, 0.29) is 12.7 Å². The zero-order valence-corrected chi connectivity index (χ0v) is 12.4. The predicted molar refractivity (Wildman–Crippen MR) is 74.0 cm³/mol. The van der Waals surface area contributed by atoms with Crippen LogP contribution in [-0.4, -0.2) is 18.7 Å². The molecule has 0 fully saturated rings. The molecule has 0 saturated heterocycles. The number of alkyl halides is 3. The van der Waals surface area contributed by atoms with Crippen molar-refractivity contribution in [2.24, 2.45) is 0 Å². The van der Waals surface area contributed by atoms with Gasteiger partial charge in [-0.15, -0.1) is 0 Å². The second-order valence-electron chi connectivity index (χ2n) is 5.10. The third-order valence-corrected chi connectivity index (χ3v) is 3.44.